The third kappa shape index (κ3) is 7.05. The first-order valence-electron chi connectivity index (χ1n) is 15.7. The predicted octanol–water partition coefficient (Wildman–Crippen LogP) is 6.80. The Morgan fingerprint density at radius 2 is 1.79 bits per heavy atom. The molecule has 0 spiro atoms. The molecule has 2 atom stereocenters. The number of pyridine rings is 2. The Morgan fingerprint density at radius 1 is 1.08 bits per heavy atom. The molecule has 254 valence electrons. The number of hydrogen-bond acceptors (Lipinski definition) is 9. The number of carbonyl (C=O) groups excluding carboxylic acids is 3. The fourth-order valence-corrected chi connectivity index (χ4v) is 6.01. The lowest BCUT2D eigenvalue weighted by Gasteiger charge is -2.32. The quantitative estimate of drug-likeness (QED) is 0.305. The number of fused-ring (bicyclic) bond motifs is 2. The van der Waals surface area contributed by atoms with Crippen LogP contribution < -0.4 is 25.6 Å². The first kappa shape index (κ1) is 34.2. The number of nitrogens with one attached hydrogen (secondary N) is 1. The van der Waals surface area contributed by atoms with Crippen LogP contribution in [0.4, 0.5) is 36.0 Å². The summed E-state index contributed by atoms with van der Waals surface area (Å²) in [6.45, 7) is 12.4. The van der Waals surface area contributed by atoms with Gasteiger partial charge in [0.25, 0.3) is 0 Å². The van der Waals surface area contributed by atoms with Crippen LogP contribution in [0, 0.1) is 30.0 Å². The molecular formula is C34H40FN7O6. The zero-order valence-corrected chi connectivity index (χ0v) is 28.1. The van der Waals surface area contributed by atoms with Crippen LogP contribution in [0.1, 0.15) is 66.4 Å². The molecule has 4 amide bonds. The van der Waals surface area contributed by atoms with Gasteiger partial charge in [0.1, 0.15) is 29.3 Å². The van der Waals surface area contributed by atoms with E-state index in [-0.39, 0.29) is 53.4 Å². The van der Waals surface area contributed by atoms with Gasteiger partial charge in [-0.2, -0.15) is 5.26 Å². The SMILES string of the molecule is Cc1c(-c2cc3cc(N(C(N)=O)[C@H]4CC[C@@H](C#N)C4)ncc3c(NC(=O)OC(C)(C)C)c2F)cnc2c1N(C(=O)OC(C)(C)C)CCO2. The molecule has 3 aromatic rings. The van der Waals surface area contributed by atoms with E-state index in [2.05, 4.69) is 21.4 Å². The molecule has 2 aliphatic rings. The van der Waals surface area contributed by atoms with Crippen LogP contribution in [0.2, 0.25) is 0 Å². The van der Waals surface area contributed by atoms with Crippen LogP contribution >= 0.6 is 0 Å². The minimum absolute atomic E-state index is 0.0456. The van der Waals surface area contributed by atoms with Crippen LogP contribution in [0.3, 0.4) is 0 Å². The summed E-state index contributed by atoms with van der Waals surface area (Å²) in [5, 5.41) is 12.6. The van der Waals surface area contributed by atoms with Crippen molar-refractivity contribution in [2.75, 3.05) is 28.3 Å². The molecule has 13 nitrogen and oxygen atoms in total. The average molecular weight is 662 g/mol. The lowest BCUT2D eigenvalue weighted by atomic mass is 9.96. The van der Waals surface area contributed by atoms with E-state index in [1.54, 1.807) is 60.6 Å². The van der Waals surface area contributed by atoms with Crippen molar-refractivity contribution in [3.63, 3.8) is 0 Å². The summed E-state index contributed by atoms with van der Waals surface area (Å²) in [7, 11) is 0. The molecule has 1 fully saturated rings. The van der Waals surface area contributed by atoms with E-state index in [1.807, 2.05) is 0 Å². The van der Waals surface area contributed by atoms with Crippen molar-refractivity contribution >= 4 is 46.2 Å². The van der Waals surface area contributed by atoms with Crippen molar-refractivity contribution in [1.82, 2.24) is 9.97 Å². The van der Waals surface area contributed by atoms with Crippen molar-refractivity contribution in [2.45, 2.75) is 85.0 Å². The van der Waals surface area contributed by atoms with Crippen molar-refractivity contribution in [3.8, 4) is 23.1 Å². The minimum atomic E-state index is -0.888. The van der Waals surface area contributed by atoms with E-state index < -0.39 is 35.2 Å². The summed E-state index contributed by atoms with van der Waals surface area (Å²) < 4.78 is 33.5. The van der Waals surface area contributed by atoms with E-state index >= 15 is 4.39 Å². The Bertz CT molecular complexity index is 1830. The standard InChI is InChI=1S/C34H40FN7O6/c1-18-23(16-39-29-28(18)41(10-11-46-29)32(45)48-34(5,6)7)22-13-20-14-25(42(30(37)43)21-9-8-19(12-21)15-36)38-17-24(20)27(26(22)35)40-31(44)47-33(2,3)4/h13-14,16-17,19,21H,8-12H2,1-7H3,(H2,37,43)(H,40,44)/t19-,21+/m1/s1. The highest BCUT2D eigenvalue weighted by molar-refractivity contribution is 6.05. The van der Waals surface area contributed by atoms with Crippen LogP contribution in [-0.2, 0) is 9.47 Å². The Labute approximate surface area is 278 Å². The summed E-state index contributed by atoms with van der Waals surface area (Å²) in [5.41, 5.74) is 5.15. The topological polar surface area (TPSA) is 173 Å². The first-order chi connectivity index (χ1) is 22.5. The molecule has 1 saturated carbocycles. The fourth-order valence-electron chi connectivity index (χ4n) is 6.01. The number of ether oxygens (including phenoxy) is 3. The number of carbonyl (C=O) groups is 3. The van der Waals surface area contributed by atoms with Crippen LogP contribution in [0.25, 0.3) is 21.9 Å². The van der Waals surface area contributed by atoms with Crippen LogP contribution in [-0.4, -0.2) is 58.6 Å². The number of rotatable bonds is 4. The number of amides is 4. The van der Waals surface area contributed by atoms with Gasteiger partial charge in [-0.25, -0.2) is 28.7 Å². The molecule has 5 rings (SSSR count). The highest BCUT2D eigenvalue weighted by Gasteiger charge is 2.35. The van der Waals surface area contributed by atoms with Crippen molar-refractivity contribution in [1.29, 1.82) is 5.26 Å². The predicted molar refractivity (Wildman–Crippen MR) is 177 cm³/mol. The maximum absolute atomic E-state index is 16.7. The number of anilines is 3. The molecule has 3 heterocycles. The second-order valence-electron chi connectivity index (χ2n) is 13.9. The van der Waals surface area contributed by atoms with Gasteiger partial charge in [0.05, 0.1) is 18.3 Å². The van der Waals surface area contributed by atoms with Gasteiger partial charge in [0.2, 0.25) is 5.88 Å². The van der Waals surface area contributed by atoms with Crippen molar-refractivity contribution in [2.24, 2.45) is 11.7 Å². The zero-order valence-electron chi connectivity index (χ0n) is 28.1. The molecule has 1 aliphatic carbocycles. The molecule has 3 N–H and O–H groups in total. The number of hydrogen-bond donors (Lipinski definition) is 2. The summed E-state index contributed by atoms with van der Waals surface area (Å²) in [6.07, 6.45) is 2.92. The highest BCUT2D eigenvalue weighted by atomic mass is 19.1. The van der Waals surface area contributed by atoms with E-state index in [0.717, 1.165) is 0 Å². The number of nitrogens with two attached hydrogens (primary N) is 1. The number of urea groups is 1. The van der Waals surface area contributed by atoms with E-state index in [9.17, 15) is 19.6 Å². The molecule has 1 aliphatic heterocycles. The third-order valence-electron chi connectivity index (χ3n) is 8.01. The maximum atomic E-state index is 16.7. The van der Waals surface area contributed by atoms with Gasteiger partial charge in [-0.1, -0.05) is 0 Å². The third-order valence-corrected chi connectivity index (χ3v) is 8.01. The Hall–Kier alpha value is -5.19. The molecular weight excluding hydrogens is 621 g/mol. The molecule has 2 aromatic heterocycles. The Morgan fingerprint density at radius 3 is 2.42 bits per heavy atom. The van der Waals surface area contributed by atoms with Gasteiger partial charge in [-0.15, -0.1) is 0 Å². The van der Waals surface area contributed by atoms with Gasteiger partial charge in [-0.3, -0.25) is 15.1 Å². The van der Waals surface area contributed by atoms with Crippen molar-refractivity contribution < 1.29 is 33.0 Å². The van der Waals surface area contributed by atoms with E-state index in [4.69, 9.17) is 19.9 Å². The summed E-state index contributed by atoms with van der Waals surface area (Å²) in [6, 6.07) is 4.31. The number of nitrogens with zero attached hydrogens (tertiary/aromatic N) is 5. The molecule has 1 aromatic carbocycles. The lowest BCUT2D eigenvalue weighted by Crippen LogP contribution is -2.43. The average Bonchev–Trinajstić information content (AvgIpc) is 3.45. The zero-order chi connectivity index (χ0) is 35.1. The second-order valence-corrected chi connectivity index (χ2v) is 13.9. The first-order valence-corrected chi connectivity index (χ1v) is 15.7. The molecule has 0 unspecified atom stereocenters. The smallest absolute Gasteiger partial charge is 0.415 e. The van der Waals surface area contributed by atoms with Gasteiger partial charge in [0, 0.05) is 40.9 Å². The van der Waals surface area contributed by atoms with Gasteiger partial charge in [-0.05, 0) is 90.8 Å². The molecule has 0 saturated heterocycles. The molecule has 0 radical (unpaired) electrons. The number of nitriles is 1. The lowest BCUT2D eigenvalue weighted by molar-refractivity contribution is 0.0564. The van der Waals surface area contributed by atoms with Crippen LogP contribution in [0.15, 0.2) is 24.5 Å². The van der Waals surface area contributed by atoms with Gasteiger partial charge in [0.15, 0.2) is 5.82 Å². The molecule has 0 bridgehead atoms. The summed E-state index contributed by atoms with van der Waals surface area (Å²) in [5.74, 6) is -0.610. The van der Waals surface area contributed by atoms with Gasteiger partial charge < -0.3 is 19.9 Å². The van der Waals surface area contributed by atoms with E-state index in [0.29, 0.717) is 41.5 Å². The minimum Gasteiger partial charge on any atom is -0.474 e. The summed E-state index contributed by atoms with van der Waals surface area (Å²) in [4.78, 5) is 50.5. The summed E-state index contributed by atoms with van der Waals surface area (Å²) >= 11 is 0. The number of aromatic nitrogens is 2. The molecule has 14 heteroatoms. The van der Waals surface area contributed by atoms with E-state index in [1.165, 1.54) is 22.2 Å². The largest absolute Gasteiger partial charge is 0.474 e. The number of halogens is 1. The number of primary amides is 1. The van der Waals surface area contributed by atoms with Crippen LogP contribution in [0.5, 0.6) is 5.88 Å². The maximum Gasteiger partial charge on any atom is 0.415 e. The number of benzene rings is 1. The fraction of sp³-hybridized carbons (Fsp3) is 0.471. The van der Waals surface area contributed by atoms with Gasteiger partial charge >= 0.3 is 18.2 Å². The van der Waals surface area contributed by atoms with Crippen molar-refractivity contribution in [3.05, 3.63) is 35.9 Å². The normalized spacial score (nSPS) is 17.6. The Kier molecular flexibility index (Phi) is 9.09. The monoisotopic (exact) mass is 661 g/mol. The highest BCUT2D eigenvalue weighted by Crippen LogP contribution is 2.43. The molecule has 48 heavy (non-hydrogen) atoms. The second kappa shape index (κ2) is 12.8. The Balaban J connectivity index is 1.68.